The molecule has 5 nitrogen and oxygen atoms in total. The fourth-order valence-electron chi connectivity index (χ4n) is 2.64. The van der Waals surface area contributed by atoms with E-state index in [9.17, 15) is 4.79 Å². The van der Waals surface area contributed by atoms with Crippen molar-refractivity contribution in [3.05, 3.63) is 47.5 Å². The monoisotopic (exact) mass is 344 g/mol. The summed E-state index contributed by atoms with van der Waals surface area (Å²) in [7, 11) is 1.63. The summed E-state index contributed by atoms with van der Waals surface area (Å²) in [6.07, 6.45) is 5.61. The third kappa shape index (κ3) is 4.21. The first-order chi connectivity index (χ1) is 11.8. The SMILES string of the molecule is COc1ccc(C(=CC2CCOCC2)C(=O)Nc2nccs2)cc1. The summed E-state index contributed by atoms with van der Waals surface area (Å²) in [5.41, 5.74) is 1.54. The van der Waals surface area contributed by atoms with Crippen LogP contribution in [0.15, 0.2) is 41.9 Å². The molecule has 1 aliphatic rings. The van der Waals surface area contributed by atoms with Crippen LogP contribution in [0.2, 0.25) is 0 Å². The van der Waals surface area contributed by atoms with E-state index in [0.29, 0.717) is 16.6 Å². The molecule has 1 N–H and O–H groups in total. The Balaban J connectivity index is 1.86. The van der Waals surface area contributed by atoms with Gasteiger partial charge in [-0.3, -0.25) is 10.1 Å². The Labute approximate surface area is 145 Å². The van der Waals surface area contributed by atoms with E-state index in [-0.39, 0.29) is 5.91 Å². The normalized spacial score (nSPS) is 16.0. The van der Waals surface area contributed by atoms with Crippen molar-refractivity contribution in [2.45, 2.75) is 12.8 Å². The van der Waals surface area contributed by atoms with Crippen molar-refractivity contribution in [1.82, 2.24) is 4.98 Å². The van der Waals surface area contributed by atoms with E-state index in [1.54, 1.807) is 13.3 Å². The van der Waals surface area contributed by atoms with Gasteiger partial charge in [0, 0.05) is 30.4 Å². The molecule has 1 aromatic carbocycles. The van der Waals surface area contributed by atoms with Gasteiger partial charge in [0.1, 0.15) is 5.75 Å². The van der Waals surface area contributed by atoms with Gasteiger partial charge in [-0.25, -0.2) is 4.98 Å². The number of amides is 1. The molecule has 0 radical (unpaired) electrons. The number of carbonyl (C=O) groups excluding carboxylic acids is 1. The largest absolute Gasteiger partial charge is 0.497 e. The van der Waals surface area contributed by atoms with Gasteiger partial charge in [0.05, 0.1) is 7.11 Å². The molecule has 1 aromatic heterocycles. The highest BCUT2D eigenvalue weighted by Crippen LogP contribution is 2.26. The van der Waals surface area contributed by atoms with Gasteiger partial charge in [0.15, 0.2) is 5.13 Å². The third-order valence-corrected chi connectivity index (χ3v) is 4.66. The summed E-state index contributed by atoms with van der Waals surface area (Å²) in [6, 6.07) is 7.55. The zero-order valence-corrected chi connectivity index (χ0v) is 14.3. The molecular weight excluding hydrogens is 324 g/mol. The lowest BCUT2D eigenvalue weighted by Crippen LogP contribution is -2.18. The Hall–Kier alpha value is -2.18. The van der Waals surface area contributed by atoms with Crippen molar-refractivity contribution >= 4 is 27.9 Å². The number of hydrogen-bond donors (Lipinski definition) is 1. The predicted octanol–water partition coefficient (Wildman–Crippen LogP) is 3.60. The topological polar surface area (TPSA) is 60.5 Å². The maximum atomic E-state index is 12.8. The van der Waals surface area contributed by atoms with Crippen LogP contribution in [0.3, 0.4) is 0 Å². The van der Waals surface area contributed by atoms with E-state index < -0.39 is 0 Å². The molecule has 0 bridgehead atoms. The highest BCUT2D eigenvalue weighted by molar-refractivity contribution is 7.13. The van der Waals surface area contributed by atoms with Crippen molar-refractivity contribution in [3.8, 4) is 5.75 Å². The minimum atomic E-state index is -0.137. The maximum Gasteiger partial charge on any atom is 0.257 e. The molecule has 2 aromatic rings. The van der Waals surface area contributed by atoms with Crippen molar-refractivity contribution in [1.29, 1.82) is 0 Å². The van der Waals surface area contributed by atoms with Gasteiger partial charge < -0.3 is 9.47 Å². The van der Waals surface area contributed by atoms with Gasteiger partial charge in [-0.05, 0) is 36.5 Å². The Morgan fingerprint density at radius 1 is 1.33 bits per heavy atom. The Morgan fingerprint density at radius 3 is 2.71 bits per heavy atom. The first kappa shape index (κ1) is 16.7. The van der Waals surface area contributed by atoms with E-state index in [1.807, 2.05) is 29.6 Å². The van der Waals surface area contributed by atoms with Crippen molar-refractivity contribution in [2.24, 2.45) is 5.92 Å². The quantitative estimate of drug-likeness (QED) is 0.842. The molecular formula is C18H20N2O3S. The summed E-state index contributed by atoms with van der Waals surface area (Å²) < 4.78 is 10.6. The number of benzene rings is 1. The maximum absolute atomic E-state index is 12.8. The van der Waals surface area contributed by atoms with Gasteiger partial charge in [-0.1, -0.05) is 18.2 Å². The molecule has 2 heterocycles. The molecule has 24 heavy (non-hydrogen) atoms. The number of methoxy groups -OCH3 is 1. The van der Waals surface area contributed by atoms with Crippen LogP contribution < -0.4 is 10.1 Å². The molecule has 0 saturated carbocycles. The highest BCUT2D eigenvalue weighted by atomic mass is 32.1. The lowest BCUT2D eigenvalue weighted by atomic mass is 9.94. The van der Waals surface area contributed by atoms with Crippen molar-refractivity contribution < 1.29 is 14.3 Å². The molecule has 1 aliphatic heterocycles. The standard InChI is InChI=1S/C18H20N2O3S/c1-22-15-4-2-14(3-5-15)16(12-13-6-9-23-10-7-13)17(21)20-18-19-8-11-24-18/h2-5,8,11-13H,6-7,9-10H2,1H3,(H,19,20,21). The average Bonchev–Trinajstić information content (AvgIpc) is 3.13. The number of thiazole rings is 1. The highest BCUT2D eigenvalue weighted by Gasteiger charge is 2.18. The zero-order valence-electron chi connectivity index (χ0n) is 13.5. The number of carbonyl (C=O) groups is 1. The van der Waals surface area contributed by atoms with E-state index >= 15 is 0 Å². The second-order valence-corrected chi connectivity index (χ2v) is 6.44. The summed E-state index contributed by atoms with van der Waals surface area (Å²) in [5, 5.41) is 5.32. The van der Waals surface area contributed by atoms with Crippen LogP contribution >= 0.6 is 11.3 Å². The first-order valence-electron chi connectivity index (χ1n) is 7.91. The molecule has 0 atom stereocenters. The first-order valence-corrected chi connectivity index (χ1v) is 8.79. The van der Waals surface area contributed by atoms with Gasteiger partial charge >= 0.3 is 0 Å². The number of allylic oxidation sites excluding steroid dienone is 1. The van der Waals surface area contributed by atoms with E-state index in [1.165, 1.54) is 11.3 Å². The number of nitrogens with zero attached hydrogens (tertiary/aromatic N) is 1. The molecule has 0 aliphatic carbocycles. The second-order valence-electron chi connectivity index (χ2n) is 5.55. The molecule has 1 fully saturated rings. The minimum Gasteiger partial charge on any atom is -0.497 e. The van der Waals surface area contributed by atoms with Crippen LogP contribution in [0.1, 0.15) is 18.4 Å². The van der Waals surface area contributed by atoms with Crippen molar-refractivity contribution in [2.75, 3.05) is 25.6 Å². The van der Waals surface area contributed by atoms with Crippen molar-refractivity contribution in [3.63, 3.8) is 0 Å². The summed E-state index contributed by atoms with van der Waals surface area (Å²) in [4.78, 5) is 16.9. The summed E-state index contributed by atoms with van der Waals surface area (Å²) in [6.45, 7) is 1.48. The Kier molecular flexibility index (Phi) is 5.61. The molecule has 1 saturated heterocycles. The van der Waals surface area contributed by atoms with E-state index in [0.717, 1.165) is 37.4 Å². The number of anilines is 1. The number of hydrogen-bond acceptors (Lipinski definition) is 5. The zero-order chi connectivity index (χ0) is 16.8. The van der Waals surface area contributed by atoms with Gasteiger partial charge in [0.2, 0.25) is 0 Å². The van der Waals surface area contributed by atoms with Crippen LogP contribution in [0.25, 0.3) is 5.57 Å². The number of ether oxygens (including phenoxy) is 2. The van der Waals surface area contributed by atoms with Gasteiger partial charge in [-0.2, -0.15) is 0 Å². The minimum absolute atomic E-state index is 0.137. The number of nitrogens with one attached hydrogen (secondary N) is 1. The van der Waals surface area contributed by atoms with E-state index in [2.05, 4.69) is 16.4 Å². The Morgan fingerprint density at radius 2 is 2.08 bits per heavy atom. The molecule has 3 rings (SSSR count). The molecule has 126 valence electrons. The predicted molar refractivity (Wildman–Crippen MR) is 95.3 cm³/mol. The van der Waals surface area contributed by atoms with E-state index in [4.69, 9.17) is 9.47 Å². The van der Waals surface area contributed by atoms with Gasteiger partial charge in [0.25, 0.3) is 5.91 Å². The van der Waals surface area contributed by atoms with Gasteiger partial charge in [-0.15, -0.1) is 11.3 Å². The van der Waals surface area contributed by atoms with Crippen LogP contribution in [-0.4, -0.2) is 31.2 Å². The fraction of sp³-hybridized carbons (Fsp3) is 0.333. The van der Waals surface area contributed by atoms with Crippen LogP contribution in [-0.2, 0) is 9.53 Å². The summed E-state index contributed by atoms with van der Waals surface area (Å²) in [5.74, 6) is 0.976. The summed E-state index contributed by atoms with van der Waals surface area (Å²) >= 11 is 1.41. The third-order valence-electron chi connectivity index (χ3n) is 3.97. The second kappa shape index (κ2) is 8.08. The molecule has 0 unspecified atom stereocenters. The van der Waals surface area contributed by atoms with Crippen LogP contribution in [0.5, 0.6) is 5.75 Å². The lowest BCUT2D eigenvalue weighted by molar-refractivity contribution is -0.111. The van der Waals surface area contributed by atoms with Crippen LogP contribution in [0, 0.1) is 5.92 Å². The molecule has 0 spiro atoms. The molecule has 6 heteroatoms. The lowest BCUT2D eigenvalue weighted by Gasteiger charge is -2.20. The fourth-order valence-corrected chi connectivity index (χ4v) is 3.17. The average molecular weight is 344 g/mol. The Bertz CT molecular complexity index is 690. The van der Waals surface area contributed by atoms with Crippen LogP contribution in [0.4, 0.5) is 5.13 Å². The number of aromatic nitrogens is 1. The number of rotatable bonds is 5. The smallest absolute Gasteiger partial charge is 0.257 e. The molecule has 1 amide bonds.